The van der Waals surface area contributed by atoms with Crippen LogP contribution in [0.3, 0.4) is 0 Å². The van der Waals surface area contributed by atoms with E-state index in [4.69, 9.17) is 0 Å². The van der Waals surface area contributed by atoms with E-state index >= 15 is 0 Å². The molecule has 0 aromatic heterocycles. The van der Waals surface area contributed by atoms with Crippen molar-refractivity contribution in [3.05, 3.63) is 36.5 Å². The summed E-state index contributed by atoms with van der Waals surface area (Å²) < 4.78 is 0. The number of amides is 1. The minimum atomic E-state index is -0.931. The second kappa shape index (κ2) is 44.3. The zero-order chi connectivity index (χ0) is 39.4. The molecule has 4 N–H and O–H groups in total. The van der Waals surface area contributed by atoms with E-state index in [1.54, 1.807) is 6.08 Å². The number of hydrogen-bond acceptors (Lipinski definition) is 4. The van der Waals surface area contributed by atoms with Crippen LogP contribution in [-0.2, 0) is 4.79 Å². The molecule has 5 nitrogen and oxygen atoms in total. The molecule has 0 saturated heterocycles. The Morgan fingerprint density at radius 1 is 0.481 bits per heavy atom. The molecule has 1 amide bonds. The molecule has 0 aliphatic rings. The zero-order valence-electron chi connectivity index (χ0n) is 36.1. The van der Waals surface area contributed by atoms with Crippen LogP contribution < -0.4 is 5.32 Å². The van der Waals surface area contributed by atoms with E-state index in [9.17, 15) is 20.1 Å². The summed E-state index contributed by atoms with van der Waals surface area (Å²) in [5.41, 5.74) is 0. The fourth-order valence-electron chi connectivity index (χ4n) is 7.27. The molecule has 0 aliphatic carbocycles. The Kier molecular flexibility index (Phi) is 43.1. The summed E-state index contributed by atoms with van der Waals surface area (Å²) in [6, 6.07) is -0.746. The maximum absolute atomic E-state index is 12.5. The van der Waals surface area contributed by atoms with Gasteiger partial charge in [0.05, 0.1) is 31.3 Å². The van der Waals surface area contributed by atoms with Crippen molar-refractivity contribution in [1.29, 1.82) is 0 Å². The number of hydrogen-bond donors (Lipinski definition) is 4. The Morgan fingerprint density at radius 3 is 1.22 bits per heavy atom. The van der Waals surface area contributed by atoms with Crippen LogP contribution in [0.2, 0.25) is 0 Å². The van der Waals surface area contributed by atoms with Crippen LogP contribution in [0.1, 0.15) is 245 Å². The number of aliphatic hydroxyl groups excluding tert-OH is 3. The smallest absolute Gasteiger partial charge is 0.222 e. The molecule has 0 fully saturated rings. The zero-order valence-corrected chi connectivity index (χ0v) is 36.1. The van der Waals surface area contributed by atoms with Crippen molar-refractivity contribution in [2.24, 2.45) is 0 Å². The molecular weight excluding hydrogens is 667 g/mol. The van der Waals surface area contributed by atoms with Crippen LogP contribution in [0.15, 0.2) is 36.5 Å². The second-order valence-corrected chi connectivity index (χ2v) is 16.4. The number of nitrogens with one attached hydrogen (secondary N) is 1. The molecule has 54 heavy (non-hydrogen) atoms. The first-order valence-electron chi connectivity index (χ1n) is 23.8. The van der Waals surface area contributed by atoms with Gasteiger partial charge in [0.1, 0.15) is 0 Å². The topological polar surface area (TPSA) is 89.8 Å². The highest BCUT2D eigenvalue weighted by molar-refractivity contribution is 5.76. The van der Waals surface area contributed by atoms with Gasteiger partial charge in [-0.25, -0.2) is 0 Å². The Bertz CT molecular complexity index is 840. The van der Waals surface area contributed by atoms with Crippen LogP contribution in [-0.4, -0.2) is 46.1 Å². The van der Waals surface area contributed by atoms with E-state index in [2.05, 4.69) is 43.5 Å². The predicted octanol–water partition coefficient (Wildman–Crippen LogP) is 13.9. The lowest BCUT2D eigenvalue weighted by molar-refractivity contribution is -0.124. The van der Waals surface area contributed by atoms with Gasteiger partial charge in [-0.15, -0.1) is 0 Å². The van der Waals surface area contributed by atoms with E-state index in [-0.39, 0.29) is 18.9 Å². The molecule has 5 heteroatoms. The highest BCUT2D eigenvalue weighted by Crippen LogP contribution is 2.16. The summed E-state index contributed by atoms with van der Waals surface area (Å²) in [4.78, 5) is 12.5. The average molecular weight is 760 g/mol. The summed E-state index contributed by atoms with van der Waals surface area (Å²) >= 11 is 0. The minimum absolute atomic E-state index is 0.00935. The summed E-state index contributed by atoms with van der Waals surface area (Å²) in [5, 5.41) is 33.3. The number of rotatable bonds is 43. The third-order valence-corrected chi connectivity index (χ3v) is 10.9. The third-order valence-electron chi connectivity index (χ3n) is 10.9. The van der Waals surface area contributed by atoms with E-state index in [1.807, 2.05) is 6.08 Å². The van der Waals surface area contributed by atoms with Gasteiger partial charge in [-0.3, -0.25) is 4.79 Å². The van der Waals surface area contributed by atoms with Crippen LogP contribution in [0.4, 0.5) is 0 Å². The monoisotopic (exact) mass is 760 g/mol. The molecule has 0 aromatic carbocycles. The fourth-order valence-corrected chi connectivity index (χ4v) is 7.27. The molecule has 0 aromatic rings. The van der Waals surface area contributed by atoms with Crippen molar-refractivity contribution >= 4 is 5.91 Å². The van der Waals surface area contributed by atoms with Crippen molar-refractivity contribution in [2.75, 3.05) is 6.61 Å². The molecule has 0 aliphatic heterocycles. The predicted molar refractivity (Wildman–Crippen MR) is 236 cm³/mol. The summed E-state index contributed by atoms with van der Waals surface area (Å²) in [6.45, 7) is 4.20. The summed E-state index contributed by atoms with van der Waals surface area (Å²) in [5.74, 6) is -0.319. The first-order chi connectivity index (χ1) is 26.5. The van der Waals surface area contributed by atoms with Gasteiger partial charge < -0.3 is 20.6 Å². The Hall–Kier alpha value is -1.43. The molecule has 318 valence electrons. The summed E-state index contributed by atoms with van der Waals surface area (Å²) in [6.07, 6.45) is 55.8. The lowest BCUT2D eigenvalue weighted by Gasteiger charge is -2.21. The molecule has 0 saturated carbocycles. The van der Waals surface area contributed by atoms with E-state index in [0.29, 0.717) is 6.42 Å². The molecule has 3 unspecified atom stereocenters. The Balaban J connectivity index is 3.64. The van der Waals surface area contributed by atoms with Crippen LogP contribution in [0, 0.1) is 0 Å². The number of unbranched alkanes of at least 4 members (excludes halogenated alkanes) is 31. The van der Waals surface area contributed by atoms with Crippen molar-refractivity contribution < 1.29 is 20.1 Å². The maximum Gasteiger partial charge on any atom is 0.222 e. The number of carbonyl (C=O) groups excluding carboxylic acids is 1. The van der Waals surface area contributed by atoms with Gasteiger partial charge in [-0.1, -0.05) is 230 Å². The van der Waals surface area contributed by atoms with E-state index in [0.717, 1.165) is 25.7 Å². The van der Waals surface area contributed by atoms with E-state index < -0.39 is 18.2 Å². The van der Waals surface area contributed by atoms with Crippen molar-refractivity contribution in [3.8, 4) is 0 Å². The fraction of sp³-hybridized carbons (Fsp3) is 0.857. The van der Waals surface area contributed by atoms with Gasteiger partial charge in [0.2, 0.25) is 5.91 Å². The molecule has 0 heterocycles. The maximum atomic E-state index is 12.5. The Morgan fingerprint density at radius 2 is 0.815 bits per heavy atom. The number of allylic oxidation sites excluding steroid dienone is 5. The minimum Gasteiger partial charge on any atom is -0.394 e. The summed E-state index contributed by atoms with van der Waals surface area (Å²) in [7, 11) is 0. The molecular formula is C49H93NO4. The van der Waals surface area contributed by atoms with E-state index in [1.165, 1.54) is 193 Å². The highest BCUT2D eigenvalue weighted by Gasteiger charge is 2.20. The van der Waals surface area contributed by atoms with Gasteiger partial charge >= 0.3 is 0 Å². The SMILES string of the molecule is CCCCC/C=C\C=C/CCCCCCCCCCC(O)CC(=O)NC(CO)C(O)/C=C/CCCCCCCCCCCCCCCCCCCCCC. The first-order valence-corrected chi connectivity index (χ1v) is 23.8. The van der Waals surface area contributed by atoms with Crippen LogP contribution >= 0.6 is 0 Å². The molecule has 3 atom stereocenters. The van der Waals surface area contributed by atoms with Gasteiger partial charge in [0.25, 0.3) is 0 Å². The van der Waals surface area contributed by atoms with Gasteiger partial charge in [0, 0.05) is 0 Å². The Labute approximate surface area is 336 Å². The second-order valence-electron chi connectivity index (χ2n) is 16.4. The van der Waals surface area contributed by atoms with Crippen molar-refractivity contribution in [1.82, 2.24) is 5.32 Å². The third kappa shape index (κ3) is 40.2. The average Bonchev–Trinajstić information content (AvgIpc) is 3.16. The molecule has 0 bridgehead atoms. The van der Waals surface area contributed by atoms with Gasteiger partial charge in [-0.05, 0) is 44.9 Å². The lowest BCUT2D eigenvalue weighted by Crippen LogP contribution is -2.45. The number of carbonyl (C=O) groups is 1. The quantitative estimate of drug-likeness (QED) is 0.0283. The first kappa shape index (κ1) is 52.6. The van der Waals surface area contributed by atoms with Crippen LogP contribution in [0.25, 0.3) is 0 Å². The van der Waals surface area contributed by atoms with Crippen LogP contribution in [0.5, 0.6) is 0 Å². The normalized spacial score (nSPS) is 13.8. The van der Waals surface area contributed by atoms with Gasteiger partial charge in [-0.2, -0.15) is 0 Å². The lowest BCUT2D eigenvalue weighted by atomic mass is 10.0. The highest BCUT2D eigenvalue weighted by atomic mass is 16.3. The van der Waals surface area contributed by atoms with Crippen molar-refractivity contribution in [2.45, 2.75) is 263 Å². The standard InChI is InChI=1S/C49H93NO4/c1-3-5-7-9-11-13-15-17-19-21-22-23-24-25-27-29-31-33-35-37-39-41-43-48(53)47(45-51)50-49(54)44-46(52)42-40-38-36-34-32-30-28-26-20-18-16-14-12-10-8-6-4-2/h12,14,16,18,41,43,46-48,51-53H,3-11,13,15,17,19-40,42,44-45H2,1-2H3,(H,50,54)/b14-12-,18-16-,43-41+. The molecule has 0 radical (unpaired) electrons. The number of aliphatic hydroxyl groups is 3. The van der Waals surface area contributed by atoms with Gasteiger partial charge in [0.15, 0.2) is 0 Å². The largest absolute Gasteiger partial charge is 0.394 e. The molecule has 0 spiro atoms. The van der Waals surface area contributed by atoms with Crippen molar-refractivity contribution in [3.63, 3.8) is 0 Å². The molecule has 0 rings (SSSR count).